The van der Waals surface area contributed by atoms with Crippen molar-refractivity contribution < 1.29 is 28.6 Å². The Balaban J connectivity index is 4.47. The van der Waals surface area contributed by atoms with Gasteiger partial charge in [0.2, 0.25) is 0 Å². The molecule has 1 atom stereocenters. The predicted molar refractivity (Wildman–Crippen MR) is 224 cm³/mol. The first kappa shape index (κ1) is 50.1. The van der Waals surface area contributed by atoms with Gasteiger partial charge in [-0.05, 0) is 70.6 Å². The highest BCUT2D eigenvalue weighted by Gasteiger charge is 2.19. The molecule has 0 radical (unpaired) electrons. The molecular weight excluding hydrogens is 661 g/mol. The molecule has 53 heavy (non-hydrogen) atoms. The molecule has 304 valence electrons. The SMILES string of the molecule is CC/C=C\C/C=C\C/C=C\CCCCC(=O)OCC(COC(=O)CCCCC/C=C\C=C/CCCC)OC(=O)CCCCCCCCCCCCCC. The summed E-state index contributed by atoms with van der Waals surface area (Å²) in [6.45, 7) is 6.38. The minimum atomic E-state index is -0.795. The summed E-state index contributed by atoms with van der Waals surface area (Å²) in [5, 5.41) is 0. The van der Waals surface area contributed by atoms with E-state index in [0.29, 0.717) is 19.3 Å². The van der Waals surface area contributed by atoms with Crippen LogP contribution in [0.5, 0.6) is 0 Å². The smallest absolute Gasteiger partial charge is 0.306 e. The quantitative estimate of drug-likeness (QED) is 0.0206. The molecule has 6 heteroatoms. The maximum Gasteiger partial charge on any atom is 0.306 e. The summed E-state index contributed by atoms with van der Waals surface area (Å²) in [5.41, 5.74) is 0. The average Bonchev–Trinajstić information content (AvgIpc) is 3.15. The number of esters is 3. The van der Waals surface area contributed by atoms with Crippen molar-refractivity contribution in [1.82, 2.24) is 0 Å². The molecule has 0 N–H and O–H groups in total. The Morgan fingerprint density at radius 1 is 0.415 bits per heavy atom. The molecule has 0 spiro atoms. The zero-order valence-corrected chi connectivity index (χ0v) is 34.5. The molecule has 0 fully saturated rings. The summed E-state index contributed by atoms with van der Waals surface area (Å²) >= 11 is 0. The number of hydrogen-bond donors (Lipinski definition) is 0. The van der Waals surface area contributed by atoms with Gasteiger partial charge in [0.05, 0.1) is 0 Å². The predicted octanol–water partition coefficient (Wildman–Crippen LogP) is 13.7. The van der Waals surface area contributed by atoms with E-state index in [1.54, 1.807) is 0 Å². The lowest BCUT2D eigenvalue weighted by atomic mass is 10.0. The molecular formula is C47H80O6. The Labute approximate surface area is 326 Å². The Morgan fingerprint density at radius 3 is 1.36 bits per heavy atom. The minimum absolute atomic E-state index is 0.0997. The molecule has 6 nitrogen and oxygen atoms in total. The van der Waals surface area contributed by atoms with Gasteiger partial charge in [-0.25, -0.2) is 0 Å². The zero-order valence-electron chi connectivity index (χ0n) is 34.5. The average molecular weight is 741 g/mol. The fourth-order valence-corrected chi connectivity index (χ4v) is 5.73. The Morgan fingerprint density at radius 2 is 0.811 bits per heavy atom. The van der Waals surface area contributed by atoms with Gasteiger partial charge < -0.3 is 14.2 Å². The number of unbranched alkanes of at least 4 members (excludes halogenated alkanes) is 18. The highest BCUT2D eigenvalue weighted by molar-refractivity contribution is 5.71. The first-order valence-corrected chi connectivity index (χ1v) is 21.8. The Bertz CT molecular complexity index is 991. The van der Waals surface area contributed by atoms with Crippen LogP contribution in [0.15, 0.2) is 60.8 Å². The molecule has 0 aromatic heterocycles. The molecule has 1 unspecified atom stereocenters. The Hall–Kier alpha value is -2.89. The van der Waals surface area contributed by atoms with Crippen LogP contribution in [0.25, 0.3) is 0 Å². The van der Waals surface area contributed by atoms with Crippen LogP contribution < -0.4 is 0 Å². The van der Waals surface area contributed by atoms with Gasteiger partial charge in [-0.1, -0.05) is 171 Å². The highest BCUT2D eigenvalue weighted by Crippen LogP contribution is 2.14. The molecule has 0 saturated heterocycles. The van der Waals surface area contributed by atoms with Crippen LogP contribution in [-0.4, -0.2) is 37.2 Å². The third kappa shape index (κ3) is 40.1. The maximum absolute atomic E-state index is 12.7. The minimum Gasteiger partial charge on any atom is -0.462 e. The Kier molecular flexibility index (Phi) is 39.6. The summed E-state index contributed by atoms with van der Waals surface area (Å²) in [6.07, 6.45) is 49.2. The van der Waals surface area contributed by atoms with Crippen molar-refractivity contribution in [3.8, 4) is 0 Å². The van der Waals surface area contributed by atoms with Crippen LogP contribution in [0.1, 0.15) is 201 Å². The number of allylic oxidation sites excluding steroid dienone is 10. The molecule has 0 rings (SSSR count). The topological polar surface area (TPSA) is 78.9 Å². The zero-order chi connectivity index (χ0) is 38.7. The summed E-state index contributed by atoms with van der Waals surface area (Å²) < 4.78 is 16.6. The molecule has 0 amide bonds. The van der Waals surface area contributed by atoms with Crippen LogP contribution in [0, 0.1) is 0 Å². The van der Waals surface area contributed by atoms with Gasteiger partial charge in [-0.2, -0.15) is 0 Å². The van der Waals surface area contributed by atoms with Crippen molar-refractivity contribution in [2.45, 2.75) is 207 Å². The van der Waals surface area contributed by atoms with Gasteiger partial charge in [-0.15, -0.1) is 0 Å². The van der Waals surface area contributed by atoms with E-state index in [1.807, 2.05) is 0 Å². The lowest BCUT2D eigenvalue weighted by Gasteiger charge is -2.18. The van der Waals surface area contributed by atoms with Gasteiger partial charge in [0.25, 0.3) is 0 Å². The van der Waals surface area contributed by atoms with E-state index < -0.39 is 6.10 Å². The molecule has 0 aliphatic rings. The first-order chi connectivity index (χ1) is 26.0. The molecule has 0 aromatic rings. The number of carbonyl (C=O) groups excluding carboxylic acids is 3. The van der Waals surface area contributed by atoms with Crippen LogP contribution in [0.3, 0.4) is 0 Å². The number of carbonyl (C=O) groups is 3. The summed E-state index contributed by atoms with van der Waals surface area (Å²) in [5.74, 6) is -0.970. The second-order valence-corrected chi connectivity index (χ2v) is 14.3. The van der Waals surface area contributed by atoms with Crippen LogP contribution >= 0.6 is 0 Å². The molecule has 0 aliphatic heterocycles. The van der Waals surface area contributed by atoms with E-state index in [-0.39, 0.29) is 31.1 Å². The molecule has 0 saturated carbocycles. The van der Waals surface area contributed by atoms with Crippen LogP contribution in [-0.2, 0) is 28.6 Å². The fraction of sp³-hybridized carbons (Fsp3) is 0.723. The van der Waals surface area contributed by atoms with Crippen molar-refractivity contribution in [2.75, 3.05) is 13.2 Å². The summed E-state index contributed by atoms with van der Waals surface area (Å²) in [4.78, 5) is 37.6. The van der Waals surface area contributed by atoms with Crippen molar-refractivity contribution in [2.24, 2.45) is 0 Å². The maximum atomic E-state index is 12.7. The standard InChI is InChI=1S/C47H80O6/c1-4-7-10-13-16-19-22-25-28-31-34-37-40-46(49)52-43-44(42-51-45(48)39-36-33-30-27-24-21-18-15-12-9-6-3)53-47(50)41-38-35-32-29-26-23-20-17-14-11-8-5-2/h7,10,15-16,18-19,21,24-25,28,44H,4-6,8-9,11-14,17,20,22-23,26-27,29-43H2,1-3H3/b10-7-,18-15-,19-16-,24-21-,28-25-. The second-order valence-electron chi connectivity index (χ2n) is 14.3. The lowest BCUT2D eigenvalue weighted by molar-refractivity contribution is -0.167. The van der Waals surface area contributed by atoms with E-state index in [4.69, 9.17) is 14.2 Å². The molecule has 0 aliphatic carbocycles. The molecule has 0 heterocycles. The van der Waals surface area contributed by atoms with Gasteiger partial charge in [0.1, 0.15) is 13.2 Å². The number of hydrogen-bond acceptors (Lipinski definition) is 6. The van der Waals surface area contributed by atoms with E-state index in [9.17, 15) is 14.4 Å². The number of ether oxygens (including phenoxy) is 3. The normalized spacial score (nSPS) is 12.6. The van der Waals surface area contributed by atoms with Crippen molar-refractivity contribution in [1.29, 1.82) is 0 Å². The first-order valence-electron chi connectivity index (χ1n) is 21.8. The lowest BCUT2D eigenvalue weighted by Crippen LogP contribution is -2.30. The largest absolute Gasteiger partial charge is 0.462 e. The van der Waals surface area contributed by atoms with Gasteiger partial charge in [0, 0.05) is 19.3 Å². The molecule has 0 aromatic carbocycles. The highest BCUT2D eigenvalue weighted by atomic mass is 16.6. The third-order valence-electron chi connectivity index (χ3n) is 9.03. The second kappa shape index (κ2) is 41.9. The van der Waals surface area contributed by atoms with E-state index in [0.717, 1.165) is 89.9 Å². The van der Waals surface area contributed by atoms with E-state index >= 15 is 0 Å². The monoisotopic (exact) mass is 741 g/mol. The van der Waals surface area contributed by atoms with E-state index in [1.165, 1.54) is 70.6 Å². The van der Waals surface area contributed by atoms with Gasteiger partial charge >= 0.3 is 17.9 Å². The third-order valence-corrected chi connectivity index (χ3v) is 9.03. The molecule has 0 bridgehead atoms. The van der Waals surface area contributed by atoms with Crippen molar-refractivity contribution >= 4 is 17.9 Å². The van der Waals surface area contributed by atoms with Crippen molar-refractivity contribution in [3.63, 3.8) is 0 Å². The number of rotatable bonds is 38. The summed E-state index contributed by atoms with van der Waals surface area (Å²) in [7, 11) is 0. The van der Waals surface area contributed by atoms with Crippen LogP contribution in [0.4, 0.5) is 0 Å². The fourth-order valence-electron chi connectivity index (χ4n) is 5.73. The van der Waals surface area contributed by atoms with Crippen LogP contribution in [0.2, 0.25) is 0 Å². The van der Waals surface area contributed by atoms with Gasteiger partial charge in [-0.3, -0.25) is 14.4 Å². The van der Waals surface area contributed by atoms with Crippen molar-refractivity contribution in [3.05, 3.63) is 60.8 Å². The summed E-state index contributed by atoms with van der Waals surface area (Å²) in [6, 6.07) is 0. The van der Waals surface area contributed by atoms with E-state index in [2.05, 4.69) is 81.5 Å². The van der Waals surface area contributed by atoms with Gasteiger partial charge in [0.15, 0.2) is 6.10 Å².